The highest BCUT2D eigenvalue weighted by Crippen LogP contribution is 2.33. The van der Waals surface area contributed by atoms with Crippen LogP contribution in [-0.2, 0) is 0 Å². The minimum Gasteiger partial charge on any atom is -0.494 e. The van der Waals surface area contributed by atoms with E-state index in [4.69, 9.17) is 4.74 Å². The van der Waals surface area contributed by atoms with Gasteiger partial charge in [0, 0.05) is 37.8 Å². The van der Waals surface area contributed by atoms with Crippen LogP contribution in [0.2, 0.25) is 0 Å². The molecule has 1 saturated heterocycles. The number of halogens is 2. The fourth-order valence-electron chi connectivity index (χ4n) is 2.61. The number of methoxy groups -OCH3 is 1. The minimum atomic E-state index is -0.613. The van der Waals surface area contributed by atoms with Gasteiger partial charge in [-0.3, -0.25) is 4.90 Å². The van der Waals surface area contributed by atoms with Crippen LogP contribution in [0.4, 0.5) is 8.78 Å². The summed E-state index contributed by atoms with van der Waals surface area (Å²) in [5.41, 5.74) is 0.0751. The number of benzene rings is 1. The molecule has 1 aliphatic heterocycles. The number of nitrogens with zero attached hydrogens (tertiary/aromatic N) is 1. The van der Waals surface area contributed by atoms with Crippen molar-refractivity contribution in [1.82, 2.24) is 10.2 Å². The molecule has 0 unspecified atom stereocenters. The van der Waals surface area contributed by atoms with Crippen molar-refractivity contribution >= 4 is 0 Å². The number of hydrogen-bond donors (Lipinski definition) is 1. The first-order valence-electron chi connectivity index (χ1n) is 6.76. The third-order valence-electron chi connectivity index (χ3n) is 3.63. The number of rotatable bonds is 5. The molecule has 0 aliphatic carbocycles. The molecular formula is C15H20F2N2O. The average molecular weight is 282 g/mol. The SMILES string of the molecule is C=CC[C@@H](c1c(F)ccc(OC)c1F)N1CCNCC1. The normalized spacial score (nSPS) is 17.8. The Labute approximate surface area is 118 Å². The van der Waals surface area contributed by atoms with Gasteiger partial charge < -0.3 is 10.1 Å². The molecule has 0 amide bonds. The van der Waals surface area contributed by atoms with E-state index in [1.165, 1.54) is 19.2 Å². The molecular weight excluding hydrogens is 262 g/mol. The maximum atomic E-state index is 14.4. The Morgan fingerprint density at radius 3 is 2.70 bits per heavy atom. The van der Waals surface area contributed by atoms with Gasteiger partial charge in [-0.15, -0.1) is 6.58 Å². The molecule has 110 valence electrons. The molecule has 1 fully saturated rings. The van der Waals surface area contributed by atoms with Crippen LogP contribution in [0.3, 0.4) is 0 Å². The quantitative estimate of drug-likeness (QED) is 0.840. The Kier molecular flexibility index (Phi) is 5.09. The summed E-state index contributed by atoms with van der Waals surface area (Å²) in [5.74, 6) is -1.07. The summed E-state index contributed by atoms with van der Waals surface area (Å²) in [4.78, 5) is 2.08. The van der Waals surface area contributed by atoms with Gasteiger partial charge in [-0.05, 0) is 18.6 Å². The van der Waals surface area contributed by atoms with E-state index >= 15 is 0 Å². The van der Waals surface area contributed by atoms with Crippen molar-refractivity contribution in [3.63, 3.8) is 0 Å². The fraction of sp³-hybridized carbons (Fsp3) is 0.467. The van der Waals surface area contributed by atoms with Crippen LogP contribution < -0.4 is 10.1 Å². The molecule has 1 N–H and O–H groups in total. The maximum Gasteiger partial charge on any atom is 0.172 e. The van der Waals surface area contributed by atoms with Crippen LogP contribution >= 0.6 is 0 Å². The largest absolute Gasteiger partial charge is 0.494 e. The van der Waals surface area contributed by atoms with Gasteiger partial charge in [0.15, 0.2) is 11.6 Å². The van der Waals surface area contributed by atoms with Crippen molar-refractivity contribution in [2.45, 2.75) is 12.5 Å². The van der Waals surface area contributed by atoms with Crippen molar-refractivity contribution < 1.29 is 13.5 Å². The molecule has 0 bridgehead atoms. The average Bonchev–Trinajstić information content (AvgIpc) is 2.47. The zero-order valence-corrected chi connectivity index (χ0v) is 11.7. The van der Waals surface area contributed by atoms with E-state index in [-0.39, 0.29) is 17.4 Å². The topological polar surface area (TPSA) is 24.5 Å². The number of ether oxygens (including phenoxy) is 1. The number of hydrogen-bond acceptors (Lipinski definition) is 3. The summed E-state index contributed by atoms with van der Waals surface area (Å²) < 4.78 is 33.5. The van der Waals surface area contributed by atoms with Crippen LogP contribution in [-0.4, -0.2) is 38.2 Å². The summed E-state index contributed by atoms with van der Waals surface area (Å²) in [6.07, 6.45) is 2.20. The Bertz CT molecular complexity index is 473. The molecule has 0 spiro atoms. The molecule has 1 heterocycles. The second-order valence-corrected chi connectivity index (χ2v) is 4.80. The third kappa shape index (κ3) is 2.99. The Balaban J connectivity index is 2.39. The zero-order chi connectivity index (χ0) is 14.5. The molecule has 20 heavy (non-hydrogen) atoms. The highest BCUT2D eigenvalue weighted by molar-refractivity contribution is 5.34. The van der Waals surface area contributed by atoms with Crippen LogP contribution in [0.25, 0.3) is 0 Å². The Morgan fingerprint density at radius 1 is 1.40 bits per heavy atom. The monoisotopic (exact) mass is 282 g/mol. The van der Waals surface area contributed by atoms with Crippen LogP contribution in [0.15, 0.2) is 24.8 Å². The summed E-state index contributed by atoms with van der Waals surface area (Å²) >= 11 is 0. The summed E-state index contributed by atoms with van der Waals surface area (Å²) in [6, 6.07) is 2.23. The van der Waals surface area contributed by atoms with E-state index in [9.17, 15) is 8.78 Å². The zero-order valence-electron chi connectivity index (χ0n) is 11.7. The highest BCUT2D eigenvalue weighted by atomic mass is 19.1. The fourth-order valence-corrected chi connectivity index (χ4v) is 2.61. The Hall–Kier alpha value is -1.46. The third-order valence-corrected chi connectivity index (χ3v) is 3.63. The highest BCUT2D eigenvalue weighted by Gasteiger charge is 2.28. The Morgan fingerprint density at radius 2 is 2.10 bits per heavy atom. The van der Waals surface area contributed by atoms with E-state index in [1.54, 1.807) is 6.08 Å². The van der Waals surface area contributed by atoms with Crippen molar-refractivity contribution in [1.29, 1.82) is 0 Å². The molecule has 0 saturated carbocycles. The lowest BCUT2D eigenvalue weighted by molar-refractivity contribution is 0.167. The van der Waals surface area contributed by atoms with Crippen molar-refractivity contribution in [2.75, 3.05) is 33.3 Å². The van der Waals surface area contributed by atoms with Crippen LogP contribution in [0, 0.1) is 11.6 Å². The van der Waals surface area contributed by atoms with E-state index in [0.717, 1.165) is 26.2 Å². The van der Waals surface area contributed by atoms with Crippen LogP contribution in [0.1, 0.15) is 18.0 Å². The number of piperazine rings is 1. The molecule has 0 aromatic heterocycles. The van der Waals surface area contributed by atoms with E-state index < -0.39 is 11.6 Å². The van der Waals surface area contributed by atoms with Gasteiger partial charge in [0.1, 0.15) is 5.82 Å². The van der Waals surface area contributed by atoms with Gasteiger partial charge in [-0.2, -0.15) is 0 Å². The van der Waals surface area contributed by atoms with E-state index in [1.807, 2.05) is 0 Å². The summed E-state index contributed by atoms with van der Waals surface area (Å²) in [6.45, 7) is 6.86. The molecule has 0 radical (unpaired) electrons. The lowest BCUT2D eigenvalue weighted by Gasteiger charge is -2.35. The van der Waals surface area contributed by atoms with Gasteiger partial charge in [0.2, 0.25) is 0 Å². The standard InChI is InChI=1S/C15H20F2N2O/c1-3-4-12(19-9-7-18-8-10-19)14-11(16)5-6-13(20-2)15(14)17/h3,5-6,12,18H,1,4,7-10H2,2H3/t12-/m0/s1. The molecule has 1 aliphatic rings. The van der Waals surface area contributed by atoms with Gasteiger partial charge >= 0.3 is 0 Å². The molecule has 1 aromatic rings. The van der Waals surface area contributed by atoms with Crippen molar-refractivity contribution in [3.8, 4) is 5.75 Å². The molecule has 1 aromatic carbocycles. The van der Waals surface area contributed by atoms with E-state index in [0.29, 0.717) is 6.42 Å². The molecule has 1 atom stereocenters. The first-order valence-corrected chi connectivity index (χ1v) is 6.76. The first-order chi connectivity index (χ1) is 9.69. The van der Waals surface area contributed by atoms with E-state index in [2.05, 4.69) is 16.8 Å². The predicted molar refractivity (Wildman–Crippen MR) is 74.9 cm³/mol. The second kappa shape index (κ2) is 6.81. The minimum absolute atomic E-state index is 0.0746. The molecule has 2 rings (SSSR count). The van der Waals surface area contributed by atoms with Gasteiger partial charge in [-0.1, -0.05) is 6.08 Å². The van der Waals surface area contributed by atoms with Gasteiger partial charge in [-0.25, -0.2) is 8.78 Å². The van der Waals surface area contributed by atoms with Gasteiger partial charge in [0.25, 0.3) is 0 Å². The molecule has 5 heteroatoms. The van der Waals surface area contributed by atoms with Gasteiger partial charge in [0.05, 0.1) is 7.11 Å². The smallest absolute Gasteiger partial charge is 0.172 e. The van der Waals surface area contributed by atoms with Crippen molar-refractivity contribution in [2.24, 2.45) is 0 Å². The maximum absolute atomic E-state index is 14.4. The summed E-state index contributed by atoms with van der Waals surface area (Å²) in [7, 11) is 1.38. The lowest BCUT2D eigenvalue weighted by Crippen LogP contribution is -2.45. The second-order valence-electron chi connectivity index (χ2n) is 4.80. The van der Waals surface area contributed by atoms with Crippen LogP contribution in [0.5, 0.6) is 5.75 Å². The van der Waals surface area contributed by atoms with Crippen molar-refractivity contribution in [3.05, 3.63) is 42.0 Å². The number of nitrogens with one attached hydrogen (secondary N) is 1. The first kappa shape index (κ1) is 14.9. The lowest BCUT2D eigenvalue weighted by atomic mass is 9.99. The predicted octanol–water partition coefficient (Wildman–Crippen LogP) is 2.50. The molecule has 3 nitrogen and oxygen atoms in total. The summed E-state index contributed by atoms with van der Waals surface area (Å²) in [5, 5.41) is 3.24.